The first-order valence-corrected chi connectivity index (χ1v) is 7.07. The van der Waals surface area contributed by atoms with Crippen molar-refractivity contribution >= 4 is 17.2 Å². The fourth-order valence-electron chi connectivity index (χ4n) is 3.09. The molecule has 2 N–H and O–H groups in total. The molecule has 6 heteroatoms. The van der Waals surface area contributed by atoms with E-state index < -0.39 is 6.10 Å². The Balaban J connectivity index is 2.34. The monoisotopic (exact) mass is 288 g/mol. The zero-order valence-corrected chi connectivity index (χ0v) is 12.7. The Morgan fingerprint density at radius 1 is 1.48 bits per heavy atom. The number of anilines is 1. The summed E-state index contributed by atoms with van der Waals surface area (Å²) in [6, 6.07) is 1.76. The number of aromatic nitrogens is 2. The van der Waals surface area contributed by atoms with E-state index in [2.05, 4.69) is 10.3 Å². The number of pyridine rings is 1. The third-order valence-corrected chi connectivity index (χ3v) is 4.33. The zero-order valence-electron chi connectivity index (χ0n) is 12.7. The summed E-state index contributed by atoms with van der Waals surface area (Å²) in [5.41, 5.74) is 4.47. The largest absolute Gasteiger partial charge is 0.389 e. The fraction of sp³-hybridized carbons (Fsp3) is 0.467. The first kappa shape index (κ1) is 14.0. The Labute approximate surface area is 123 Å². The molecular weight excluding hydrogens is 268 g/mol. The van der Waals surface area contributed by atoms with Crippen LogP contribution in [0.1, 0.15) is 29.9 Å². The molecule has 0 aromatic carbocycles. The molecule has 0 fully saturated rings. The predicted molar refractivity (Wildman–Crippen MR) is 80.5 cm³/mol. The Bertz CT molecular complexity index is 722. The maximum Gasteiger partial charge on any atom is 0.224 e. The molecule has 2 atom stereocenters. The first-order valence-electron chi connectivity index (χ1n) is 7.07. The molecule has 0 spiro atoms. The van der Waals surface area contributed by atoms with Crippen LogP contribution in [0, 0.1) is 13.8 Å². The second-order valence-corrected chi connectivity index (χ2v) is 5.56. The highest BCUT2D eigenvalue weighted by Crippen LogP contribution is 2.37. The van der Waals surface area contributed by atoms with Gasteiger partial charge in [0.25, 0.3) is 0 Å². The van der Waals surface area contributed by atoms with Gasteiger partial charge in [0, 0.05) is 24.4 Å². The number of carbonyl (C=O) groups is 1. The van der Waals surface area contributed by atoms with Crippen molar-refractivity contribution in [1.29, 1.82) is 0 Å². The van der Waals surface area contributed by atoms with Crippen molar-refractivity contribution in [3.8, 4) is 0 Å². The van der Waals surface area contributed by atoms with Crippen LogP contribution in [-0.4, -0.2) is 40.1 Å². The number of nitrogens with one attached hydrogen (secondary N) is 1. The number of carbonyl (C=O) groups excluding carboxylic acids is 1. The van der Waals surface area contributed by atoms with E-state index >= 15 is 0 Å². The van der Waals surface area contributed by atoms with Crippen molar-refractivity contribution in [2.24, 2.45) is 0 Å². The summed E-state index contributed by atoms with van der Waals surface area (Å²) < 4.78 is 1.99. The molecule has 1 amide bonds. The number of imidazole rings is 1. The molecule has 0 radical (unpaired) electrons. The molecule has 6 nitrogen and oxygen atoms in total. The van der Waals surface area contributed by atoms with Crippen LogP contribution in [0.15, 0.2) is 12.3 Å². The number of hydrogen-bond acceptors (Lipinski definition) is 4. The average molecular weight is 288 g/mol. The van der Waals surface area contributed by atoms with Crippen LogP contribution in [0.4, 0.5) is 5.69 Å². The lowest BCUT2D eigenvalue weighted by atomic mass is 9.95. The maximum absolute atomic E-state index is 12.0. The van der Waals surface area contributed by atoms with E-state index in [1.807, 2.05) is 37.6 Å². The lowest BCUT2D eigenvalue weighted by molar-refractivity contribution is -0.117. The summed E-state index contributed by atoms with van der Waals surface area (Å²) in [5.74, 6) is -0.0868. The van der Waals surface area contributed by atoms with Gasteiger partial charge in [-0.2, -0.15) is 0 Å². The average Bonchev–Trinajstić information content (AvgIpc) is 2.73. The van der Waals surface area contributed by atoms with Crippen LogP contribution in [-0.2, 0) is 4.79 Å². The van der Waals surface area contributed by atoms with Crippen molar-refractivity contribution in [3.63, 3.8) is 0 Å². The molecule has 1 aliphatic heterocycles. The van der Waals surface area contributed by atoms with Crippen LogP contribution < -0.4 is 10.2 Å². The summed E-state index contributed by atoms with van der Waals surface area (Å²) in [4.78, 5) is 18.2. The van der Waals surface area contributed by atoms with Crippen LogP contribution in [0.2, 0.25) is 0 Å². The van der Waals surface area contributed by atoms with Gasteiger partial charge in [0.05, 0.1) is 30.1 Å². The summed E-state index contributed by atoms with van der Waals surface area (Å²) in [7, 11) is 1.81. The molecule has 3 heterocycles. The molecule has 2 aromatic rings. The number of nitrogens with zero attached hydrogens (tertiary/aromatic N) is 3. The van der Waals surface area contributed by atoms with E-state index in [1.165, 1.54) is 6.92 Å². The van der Waals surface area contributed by atoms with Crippen molar-refractivity contribution in [2.45, 2.75) is 32.9 Å². The number of β-amino-alcohol motifs (C(OH)–C–C–N with tert-alkyl or cyclic N) is 1. The molecule has 3 rings (SSSR count). The molecule has 0 saturated carbocycles. The van der Waals surface area contributed by atoms with Crippen LogP contribution in [0.3, 0.4) is 0 Å². The molecule has 21 heavy (non-hydrogen) atoms. The van der Waals surface area contributed by atoms with E-state index in [1.54, 1.807) is 4.90 Å². The number of hydrogen-bond donors (Lipinski definition) is 2. The van der Waals surface area contributed by atoms with E-state index in [9.17, 15) is 9.90 Å². The van der Waals surface area contributed by atoms with Gasteiger partial charge >= 0.3 is 0 Å². The van der Waals surface area contributed by atoms with Gasteiger partial charge in [-0.1, -0.05) is 0 Å². The van der Waals surface area contributed by atoms with Gasteiger partial charge in [0.15, 0.2) is 5.65 Å². The Morgan fingerprint density at radius 2 is 2.19 bits per heavy atom. The maximum atomic E-state index is 12.0. The molecule has 0 aliphatic carbocycles. The highest BCUT2D eigenvalue weighted by atomic mass is 16.3. The van der Waals surface area contributed by atoms with Crippen molar-refractivity contribution < 1.29 is 9.90 Å². The summed E-state index contributed by atoms with van der Waals surface area (Å²) in [5, 5.41) is 13.4. The minimum atomic E-state index is -0.633. The number of amides is 1. The summed E-state index contributed by atoms with van der Waals surface area (Å²) >= 11 is 0. The minimum absolute atomic E-state index is 0.0868. The Morgan fingerprint density at radius 3 is 2.81 bits per heavy atom. The van der Waals surface area contributed by atoms with Crippen molar-refractivity contribution in [3.05, 3.63) is 29.2 Å². The fourth-order valence-corrected chi connectivity index (χ4v) is 3.09. The molecule has 1 aliphatic rings. The third kappa shape index (κ3) is 1.94. The van der Waals surface area contributed by atoms with Crippen molar-refractivity contribution in [2.75, 3.05) is 18.5 Å². The Hall–Kier alpha value is -1.92. The minimum Gasteiger partial charge on any atom is -0.389 e. The van der Waals surface area contributed by atoms with Gasteiger partial charge in [-0.15, -0.1) is 0 Å². The van der Waals surface area contributed by atoms with Crippen molar-refractivity contribution in [1.82, 2.24) is 14.7 Å². The second-order valence-electron chi connectivity index (χ2n) is 5.56. The first-order chi connectivity index (χ1) is 9.95. The normalized spacial score (nSPS) is 21.7. The molecule has 0 unspecified atom stereocenters. The standard InChI is InChI=1S/C15H20N4O2/c1-8-9(2)18-6-5-11-13(16-4)12(21)7-19(10(3)20)14(11)15(18)17-8/h5-6,12-13,16,21H,7H2,1-4H3/t12-,13-/m1/s1. The highest BCUT2D eigenvalue weighted by Gasteiger charge is 2.35. The molecule has 2 aromatic heterocycles. The zero-order chi connectivity index (χ0) is 15.3. The van der Waals surface area contributed by atoms with Crippen LogP contribution >= 0.6 is 0 Å². The van der Waals surface area contributed by atoms with Gasteiger partial charge < -0.3 is 19.7 Å². The summed E-state index contributed by atoms with van der Waals surface area (Å²) in [6.07, 6.45) is 1.32. The second kappa shape index (κ2) is 4.82. The Kier molecular flexibility index (Phi) is 3.22. The number of aliphatic hydroxyl groups is 1. The van der Waals surface area contributed by atoms with Gasteiger partial charge in [0.1, 0.15) is 0 Å². The van der Waals surface area contributed by atoms with Gasteiger partial charge in [0.2, 0.25) is 5.91 Å². The topological polar surface area (TPSA) is 69.9 Å². The lowest BCUT2D eigenvalue weighted by Gasteiger charge is -2.37. The van der Waals surface area contributed by atoms with Crippen LogP contribution in [0.25, 0.3) is 5.65 Å². The smallest absolute Gasteiger partial charge is 0.224 e. The SMILES string of the molecule is CN[C@@H]1c2ccn3c(C)c(C)nc3c2N(C(C)=O)C[C@H]1O. The van der Waals surface area contributed by atoms with Crippen LogP contribution in [0.5, 0.6) is 0 Å². The number of aryl methyl sites for hydroxylation is 2. The van der Waals surface area contributed by atoms with E-state index in [0.29, 0.717) is 0 Å². The number of fused-ring (bicyclic) bond motifs is 3. The third-order valence-electron chi connectivity index (χ3n) is 4.33. The summed E-state index contributed by atoms with van der Waals surface area (Å²) in [6.45, 7) is 5.76. The predicted octanol–water partition coefficient (Wildman–Crippen LogP) is 0.939. The molecular formula is C15H20N4O2. The number of rotatable bonds is 1. The quantitative estimate of drug-likeness (QED) is 0.819. The van der Waals surface area contributed by atoms with E-state index in [4.69, 9.17) is 0 Å². The molecule has 0 saturated heterocycles. The van der Waals surface area contributed by atoms with Gasteiger partial charge in [-0.25, -0.2) is 4.98 Å². The molecule has 112 valence electrons. The van der Waals surface area contributed by atoms with E-state index in [-0.39, 0.29) is 18.5 Å². The number of likely N-dealkylation sites (N-methyl/N-ethyl adjacent to an activating group) is 1. The van der Waals surface area contributed by atoms with Gasteiger partial charge in [-0.3, -0.25) is 4.79 Å². The lowest BCUT2D eigenvalue weighted by Crippen LogP contribution is -2.47. The molecule has 0 bridgehead atoms. The van der Waals surface area contributed by atoms with E-state index in [0.717, 1.165) is 28.3 Å². The highest BCUT2D eigenvalue weighted by molar-refractivity contribution is 5.97. The van der Waals surface area contributed by atoms with Gasteiger partial charge in [-0.05, 0) is 27.0 Å². The number of aliphatic hydroxyl groups excluding tert-OH is 1.